The largest absolute Gasteiger partial charge is 0.415 e. The molecule has 0 aliphatic heterocycles. The summed E-state index contributed by atoms with van der Waals surface area (Å²) in [5.74, 6) is 0. The van der Waals surface area contributed by atoms with Gasteiger partial charge in [0.2, 0.25) is 8.32 Å². The van der Waals surface area contributed by atoms with E-state index in [-0.39, 0.29) is 18.4 Å². The lowest BCUT2D eigenvalue weighted by molar-refractivity contribution is 0.0801. The van der Waals surface area contributed by atoms with Gasteiger partial charge in [-0.3, -0.25) is 0 Å². The molecule has 0 aromatic carbocycles. The van der Waals surface area contributed by atoms with Crippen molar-refractivity contribution in [2.45, 2.75) is 115 Å². The predicted octanol–water partition coefficient (Wildman–Crippen LogP) is 5.35. The second-order valence-electron chi connectivity index (χ2n) is 11.0. The minimum absolute atomic E-state index is 0.0805. The van der Waals surface area contributed by atoms with Crippen molar-refractivity contribution >= 4 is 24.7 Å². The Hall–Kier alpha value is 0.411. The molecule has 0 rings (SSSR count). The second-order valence-corrected chi connectivity index (χ2v) is 24.5. The Morgan fingerprint density at radius 3 is 1.64 bits per heavy atom. The first-order chi connectivity index (χ1) is 15.4. The van der Waals surface area contributed by atoms with E-state index in [0.717, 1.165) is 38.1 Å². The van der Waals surface area contributed by atoms with Crippen LogP contribution in [0.3, 0.4) is 0 Å². The lowest BCUT2D eigenvalue weighted by atomic mass is 10.2. The van der Waals surface area contributed by atoms with Gasteiger partial charge in [0.05, 0.1) is 39.7 Å². The normalized spacial score (nSPS) is 14.6. The minimum Gasteiger partial charge on any atom is -0.415 e. The summed E-state index contributed by atoms with van der Waals surface area (Å²) in [6.45, 7) is 23.5. The first-order valence-electron chi connectivity index (χ1n) is 13.1. The quantitative estimate of drug-likeness (QED) is 0.156. The Kier molecular flexibility index (Phi) is 16.4. The standard InChI is InChI=1S/C24H56O6Si3/c1-10-23(31(4,5)21-13-17-27-19-15-25)29-33(8,9)24(11-2,12-3)30-32(6,7)22-14-18-28-20-16-26/h23,25-26H,10-22H2,1-9H3. The first kappa shape index (κ1) is 33.4. The van der Waals surface area contributed by atoms with E-state index in [1.165, 1.54) is 6.04 Å². The summed E-state index contributed by atoms with van der Waals surface area (Å²) in [5, 5.41) is 17.6. The Morgan fingerprint density at radius 2 is 1.21 bits per heavy atom. The fourth-order valence-electron chi connectivity index (χ4n) is 4.93. The van der Waals surface area contributed by atoms with Gasteiger partial charge in [-0.25, -0.2) is 0 Å². The van der Waals surface area contributed by atoms with E-state index in [0.29, 0.717) is 32.2 Å². The minimum atomic E-state index is -2.19. The van der Waals surface area contributed by atoms with Gasteiger partial charge in [-0.2, -0.15) is 0 Å². The van der Waals surface area contributed by atoms with Crippen LogP contribution in [0.4, 0.5) is 0 Å². The molecular formula is C24H56O6Si3. The smallest absolute Gasteiger partial charge is 0.216 e. The fraction of sp³-hybridized carbons (Fsp3) is 1.00. The molecule has 0 spiro atoms. The maximum atomic E-state index is 8.91. The highest BCUT2D eigenvalue weighted by atomic mass is 28.4. The molecule has 0 aromatic heterocycles. The Bertz CT molecular complexity index is 499. The van der Waals surface area contributed by atoms with Crippen molar-refractivity contribution in [1.29, 1.82) is 0 Å². The molecular weight excluding hydrogens is 469 g/mol. The maximum absolute atomic E-state index is 8.91. The van der Waals surface area contributed by atoms with E-state index in [4.69, 9.17) is 28.5 Å². The van der Waals surface area contributed by atoms with Gasteiger partial charge >= 0.3 is 0 Å². The molecule has 1 atom stereocenters. The molecule has 0 saturated carbocycles. The van der Waals surface area contributed by atoms with Crippen molar-refractivity contribution in [3.63, 3.8) is 0 Å². The van der Waals surface area contributed by atoms with Crippen LogP contribution in [0.5, 0.6) is 0 Å². The van der Waals surface area contributed by atoms with Gasteiger partial charge in [0.15, 0.2) is 8.32 Å². The van der Waals surface area contributed by atoms with Crippen molar-refractivity contribution in [3.05, 3.63) is 0 Å². The van der Waals surface area contributed by atoms with Crippen LogP contribution in [-0.4, -0.2) is 85.5 Å². The summed E-state index contributed by atoms with van der Waals surface area (Å²) in [6.07, 6.45) is 5.00. The van der Waals surface area contributed by atoms with Crippen LogP contribution in [-0.2, 0) is 18.3 Å². The van der Waals surface area contributed by atoms with Crippen LogP contribution in [0, 0.1) is 0 Å². The number of aliphatic hydroxyl groups excluding tert-OH is 2. The zero-order valence-electron chi connectivity index (χ0n) is 23.3. The van der Waals surface area contributed by atoms with E-state index in [1.807, 2.05) is 0 Å². The molecule has 0 saturated heterocycles. The Labute approximate surface area is 208 Å². The summed E-state index contributed by atoms with van der Waals surface area (Å²) in [5.41, 5.74) is 0.315. The van der Waals surface area contributed by atoms with Crippen molar-refractivity contribution < 1.29 is 28.5 Å². The lowest BCUT2D eigenvalue weighted by Gasteiger charge is -2.50. The van der Waals surface area contributed by atoms with E-state index in [1.54, 1.807) is 0 Å². The molecule has 1 unspecified atom stereocenters. The maximum Gasteiger partial charge on any atom is 0.216 e. The highest BCUT2D eigenvalue weighted by Crippen LogP contribution is 2.39. The SMILES string of the molecule is CCC(O[Si](C)(C)C(CC)(CC)O[Si](C)(C)CCCOCCO)[Si](C)(C)CCCOCCO. The van der Waals surface area contributed by atoms with Gasteiger partial charge in [0.25, 0.3) is 0 Å². The van der Waals surface area contributed by atoms with Gasteiger partial charge < -0.3 is 28.5 Å². The van der Waals surface area contributed by atoms with Crippen molar-refractivity contribution in [2.24, 2.45) is 0 Å². The molecule has 9 heteroatoms. The molecule has 0 radical (unpaired) electrons. The molecule has 0 heterocycles. The number of hydrogen-bond donors (Lipinski definition) is 2. The van der Waals surface area contributed by atoms with Gasteiger partial charge in [0.1, 0.15) is 0 Å². The molecule has 33 heavy (non-hydrogen) atoms. The third-order valence-corrected chi connectivity index (χ3v) is 17.8. The summed E-state index contributed by atoms with van der Waals surface area (Å²) < 4.78 is 25.2. The molecule has 0 aliphatic rings. The first-order valence-corrected chi connectivity index (χ1v) is 22.4. The highest BCUT2D eigenvalue weighted by molar-refractivity contribution is 6.81. The fourth-order valence-corrected chi connectivity index (χ4v) is 16.6. The Balaban J connectivity index is 5.30. The molecule has 0 bridgehead atoms. The highest BCUT2D eigenvalue weighted by Gasteiger charge is 2.52. The summed E-state index contributed by atoms with van der Waals surface area (Å²) in [6, 6.07) is 2.22. The van der Waals surface area contributed by atoms with Crippen molar-refractivity contribution in [1.82, 2.24) is 0 Å². The summed E-state index contributed by atoms with van der Waals surface area (Å²) in [4.78, 5) is 0. The zero-order chi connectivity index (χ0) is 25.6. The second kappa shape index (κ2) is 16.2. The van der Waals surface area contributed by atoms with E-state index >= 15 is 0 Å². The average molecular weight is 525 g/mol. The summed E-state index contributed by atoms with van der Waals surface area (Å²) in [7, 11) is -5.70. The van der Waals surface area contributed by atoms with E-state index in [9.17, 15) is 0 Å². The van der Waals surface area contributed by atoms with Crippen LogP contribution >= 0.6 is 0 Å². The van der Waals surface area contributed by atoms with Crippen molar-refractivity contribution in [2.75, 3.05) is 39.6 Å². The van der Waals surface area contributed by atoms with Crippen molar-refractivity contribution in [3.8, 4) is 0 Å². The average Bonchev–Trinajstić information content (AvgIpc) is 2.75. The van der Waals surface area contributed by atoms with Crippen LogP contribution in [0.25, 0.3) is 0 Å². The van der Waals surface area contributed by atoms with Gasteiger partial charge in [0, 0.05) is 18.9 Å². The predicted molar refractivity (Wildman–Crippen MR) is 147 cm³/mol. The Morgan fingerprint density at radius 1 is 0.727 bits per heavy atom. The summed E-state index contributed by atoms with van der Waals surface area (Å²) >= 11 is 0. The topological polar surface area (TPSA) is 77.4 Å². The number of hydrogen-bond acceptors (Lipinski definition) is 6. The number of aliphatic hydroxyl groups is 2. The molecule has 6 nitrogen and oxygen atoms in total. The van der Waals surface area contributed by atoms with Gasteiger partial charge in [-0.1, -0.05) is 39.9 Å². The number of rotatable bonds is 21. The molecule has 2 N–H and O–H groups in total. The zero-order valence-corrected chi connectivity index (χ0v) is 26.3. The molecule has 0 aromatic rings. The third kappa shape index (κ3) is 11.8. The molecule has 0 amide bonds. The molecule has 0 fully saturated rings. The van der Waals surface area contributed by atoms with Gasteiger partial charge in [-0.05, 0) is 64.3 Å². The van der Waals surface area contributed by atoms with Crippen LogP contribution in [0.1, 0.15) is 52.9 Å². The third-order valence-electron chi connectivity index (χ3n) is 7.04. The molecule has 0 aliphatic carbocycles. The van der Waals surface area contributed by atoms with Gasteiger partial charge in [-0.15, -0.1) is 0 Å². The molecule has 200 valence electrons. The van der Waals surface area contributed by atoms with E-state index < -0.39 is 24.7 Å². The van der Waals surface area contributed by atoms with Crippen LogP contribution < -0.4 is 0 Å². The monoisotopic (exact) mass is 524 g/mol. The van der Waals surface area contributed by atoms with Crippen LogP contribution in [0.2, 0.25) is 51.4 Å². The lowest BCUT2D eigenvalue weighted by Crippen LogP contribution is -2.64. The number of ether oxygens (including phenoxy) is 2. The van der Waals surface area contributed by atoms with Crippen LogP contribution in [0.15, 0.2) is 0 Å². The van der Waals surface area contributed by atoms with E-state index in [2.05, 4.69) is 60.1 Å².